The second-order valence-electron chi connectivity index (χ2n) is 4.58. The smallest absolute Gasteiger partial charge is 0.224 e. The molecule has 1 amide bonds. The van der Waals surface area contributed by atoms with Gasteiger partial charge in [0.1, 0.15) is 5.82 Å². The standard InChI is InChI=1S/C16H17FN2O/c17-15-8-2-1-7-14(15)11-16(20)19-10-4-6-13-5-3-9-18-12-13/h1-3,5,7-9,12H,4,6,10-11H2,(H,19,20). The first-order chi connectivity index (χ1) is 9.75. The van der Waals surface area contributed by atoms with Crippen molar-refractivity contribution in [1.29, 1.82) is 0 Å². The summed E-state index contributed by atoms with van der Waals surface area (Å²) in [6.07, 6.45) is 5.35. The molecule has 0 spiro atoms. The lowest BCUT2D eigenvalue weighted by Crippen LogP contribution is -2.26. The number of nitrogens with zero attached hydrogens (tertiary/aromatic N) is 1. The molecule has 4 heteroatoms. The molecule has 0 unspecified atom stereocenters. The number of aryl methyl sites for hydroxylation is 1. The lowest BCUT2D eigenvalue weighted by Gasteiger charge is -2.06. The van der Waals surface area contributed by atoms with Gasteiger partial charge >= 0.3 is 0 Å². The highest BCUT2D eigenvalue weighted by Gasteiger charge is 2.06. The van der Waals surface area contributed by atoms with Crippen LogP contribution in [0.25, 0.3) is 0 Å². The summed E-state index contributed by atoms with van der Waals surface area (Å²) in [5.74, 6) is -0.487. The first kappa shape index (κ1) is 14.2. The van der Waals surface area contributed by atoms with Crippen LogP contribution in [0.4, 0.5) is 4.39 Å². The van der Waals surface area contributed by atoms with Crippen LogP contribution < -0.4 is 5.32 Å². The van der Waals surface area contributed by atoms with Crippen molar-refractivity contribution in [3.8, 4) is 0 Å². The van der Waals surface area contributed by atoms with Gasteiger partial charge in [-0.1, -0.05) is 24.3 Å². The Balaban J connectivity index is 1.69. The molecule has 1 heterocycles. The van der Waals surface area contributed by atoms with Crippen LogP contribution in [0.15, 0.2) is 48.8 Å². The van der Waals surface area contributed by atoms with Gasteiger partial charge in [-0.3, -0.25) is 9.78 Å². The topological polar surface area (TPSA) is 42.0 Å². The molecular formula is C16H17FN2O. The number of pyridine rings is 1. The normalized spacial score (nSPS) is 10.2. The fraction of sp³-hybridized carbons (Fsp3) is 0.250. The molecule has 0 radical (unpaired) electrons. The minimum atomic E-state index is -0.335. The Bertz CT molecular complexity index is 557. The van der Waals surface area contributed by atoms with Gasteiger partial charge in [-0.15, -0.1) is 0 Å². The van der Waals surface area contributed by atoms with Crippen molar-refractivity contribution in [2.24, 2.45) is 0 Å². The number of halogens is 1. The average Bonchev–Trinajstić information content (AvgIpc) is 2.47. The molecule has 0 aliphatic carbocycles. The molecule has 0 aliphatic rings. The van der Waals surface area contributed by atoms with E-state index in [1.165, 1.54) is 6.07 Å². The number of aromatic nitrogens is 1. The predicted molar refractivity (Wildman–Crippen MR) is 75.7 cm³/mol. The van der Waals surface area contributed by atoms with Crippen LogP contribution in [0.1, 0.15) is 17.5 Å². The third-order valence-corrected chi connectivity index (χ3v) is 3.00. The van der Waals surface area contributed by atoms with E-state index in [2.05, 4.69) is 10.3 Å². The number of carbonyl (C=O) groups is 1. The SMILES string of the molecule is O=C(Cc1ccccc1F)NCCCc1cccnc1. The van der Waals surface area contributed by atoms with Crippen LogP contribution in [-0.2, 0) is 17.6 Å². The van der Waals surface area contributed by atoms with Crippen molar-refractivity contribution in [2.75, 3.05) is 6.54 Å². The first-order valence-corrected chi connectivity index (χ1v) is 6.65. The fourth-order valence-electron chi connectivity index (χ4n) is 1.94. The van der Waals surface area contributed by atoms with Crippen molar-refractivity contribution in [3.63, 3.8) is 0 Å². The first-order valence-electron chi connectivity index (χ1n) is 6.65. The zero-order valence-electron chi connectivity index (χ0n) is 11.2. The molecule has 1 aromatic heterocycles. The number of rotatable bonds is 6. The quantitative estimate of drug-likeness (QED) is 0.821. The highest BCUT2D eigenvalue weighted by Crippen LogP contribution is 2.06. The number of hydrogen-bond acceptors (Lipinski definition) is 2. The maximum atomic E-state index is 13.4. The van der Waals surface area contributed by atoms with Crippen LogP contribution in [-0.4, -0.2) is 17.4 Å². The van der Waals surface area contributed by atoms with E-state index in [4.69, 9.17) is 0 Å². The molecule has 1 N–H and O–H groups in total. The molecule has 2 rings (SSSR count). The summed E-state index contributed by atoms with van der Waals surface area (Å²) in [5, 5.41) is 2.80. The van der Waals surface area contributed by atoms with E-state index in [0.717, 1.165) is 18.4 Å². The summed E-state index contributed by atoms with van der Waals surface area (Å²) in [7, 11) is 0. The highest BCUT2D eigenvalue weighted by molar-refractivity contribution is 5.78. The lowest BCUT2D eigenvalue weighted by molar-refractivity contribution is -0.120. The summed E-state index contributed by atoms with van der Waals surface area (Å²) in [6, 6.07) is 10.2. The second kappa shape index (κ2) is 7.38. The van der Waals surface area contributed by atoms with Gasteiger partial charge < -0.3 is 5.32 Å². The van der Waals surface area contributed by atoms with Crippen molar-refractivity contribution in [1.82, 2.24) is 10.3 Å². The Morgan fingerprint density at radius 3 is 2.80 bits per heavy atom. The Hall–Kier alpha value is -2.23. The summed E-state index contributed by atoms with van der Waals surface area (Å²) >= 11 is 0. The van der Waals surface area contributed by atoms with Crippen LogP contribution in [0.2, 0.25) is 0 Å². The molecule has 0 fully saturated rings. The van der Waals surface area contributed by atoms with E-state index in [0.29, 0.717) is 12.1 Å². The minimum Gasteiger partial charge on any atom is -0.356 e. The molecule has 0 saturated carbocycles. The van der Waals surface area contributed by atoms with Crippen molar-refractivity contribution >= 4 is 5.91 Å². The molecule has 20 heavy (non-hydrogen) atoms. The van der Waals surface area contributed by atoms with Gasteiger partial charge in [-0.25, -0.2) is 4.39 Å². The molecule has 0 atom stereocenters. The maximum absolute atomic E-state index is 13.4. The molecule has 2 aromatic rings. The number of benzene rings is 1. The van der Waals surface area contributed by atoms with E-state index in [1.54, 1.807) is 24.4 Å². The summed E-state index contributed by atoms with van der Waals surface area (Å²) < 4.78 is 13.4. The molecule has 3 nitrogen and oxygen atoms in total. The van der Waals surface area contributed by atoms with Gasteiger partial charge in [-0.2, -0.15) is 0 Å². The Labute approximate surface area is 117 Å². The Morgan fingerprint density at radius 1 is 1.20 bits per heavy atom. The average molecular weight is 272 g/mol. The van der Waals surface area contributed by atoms with Crippen LogP contribution in [0.3, 0.4) is 0 Å². The van der Waals surface area contributed by atoms with Crippen molar-refractivity contribution < 1.29 is 9.18 Å². The van der Waals surface area contributed by atoms with Crippen LogP contribution >= 0.6 is 0 Å². The number of carbonyl (C=O) groups excluding carboxylic acids is 1. The third-order valence-electron chi connectivity index (χ3n) is 3.00. The number of amides is 1. The Kier molecular flexibility index (Phi) is 5.24. The van der Waals surface area contributed by atoms with Gasteiger partial charge in [0.2, 0.25) is 5.91 Å². The number of nitrogens with one attached hydrogen (secondary N) is 1. The van der Waals surface area contributed by atoms with Gasteiger partial charge in [0, 0.05) is 18.9 Å². The molecule has 0 bridgehead atoms. The van der Waals surface area contributed by atoms with Crippen molar-refractivity contribution in [3.05, 3.63) is 65.7 Å². The van der Waals surface area contributed by atoms with Gasteiger partial charge in [0.25, 0.3) is 0 Å². The maximum Gasteiger partial charge on any atom is 0.224 e. The monoisotopic (exact) mass is 272 g/mol. The second-order valence-corrected chi connectivity index (χ2v) is 4.58. The minimum absolute atomic E-state index is 0.0829. The fourth-order valence-corrected chi connectivity index (χ4v) is 1.94. The largest absolute Gasteiger partial charge is 0.356 e. The zero-order chi connectivity index (χ0) is 14.2. The summed E-state index contributed by atoms with van der Waals surface area (Å²) in [5.41, 5.74) is 1.58. The molecule has 104 valence electrons. The van der Waals surface area contributed by atoms with E-state index < -0.39 is 0 Å². The number of hydrogen-bond donors (Lipinski definition) is 1. The highest BCUT2D eigenvalue weighted by atomic mass is 19.1. The van der Waals surface area contributed by atoms with Gasteiger partial charge in [0.05, 0.1) is 6.42 Å². The van der Waals surface area contributed by atoms with Crippen molar-refractivity contribution in [2.45, 2.75) is 19.3 Å². The van der Waals surface area contributed by atoms with Crippen LogP contribution in [0.5, 0.6) is 0 Å². The lowest BCUT2D eigenvalue weighted by atomic mass is 10.1. The zero-order valence-corrected chi connectivity index (χ0v) is 11.2. The third kappa shape index (κ3) is 4.46. The van der Waals surface area contributed by atoms with E-state index >= 15 is 0 Å². The molecule has 0 saturated heterocycles. The Morgan fingerprint density at radius 2 is 2.05 bits per heavy atom. The van der Waals surface area contributed by atoms with E-state index in [1.807, 2.05) is 18.3 Å². The molecule has 1 aromatic carbocycles. The predicted octanol–water partition coefficient (Wildman–Crippen LogP) is 2.51. The van der Waals surface area contributed by atoms with Gasteiger partial charge in [0.15, 0.2) is 0 Å². The van der Waals surface area contributed by atoms with Crippen LogP contribution in [0, 0.1) is 5.82 Å². The van der Waals surface area contributed by atoms with Gasteiger partial charge in [-0.05, 0) is 36.1 Å². The molecule has 0 aliphatic heterocycles. The molecular weight excluding hydrogens is 255 g/mol. The summed E-state index contributed by atoms with van der Waals surface area (Å²) in [6.45, 7) is 0.585. The summed E-state index contributed by atoms with van der Waals surface area (Å²) in [4.78, 5) is 15.7. The van der Waals surface area contributed by atoms with E-state index in [9.17, 15) is 9.18 Å². The van der Waals surface area contributed by atoms with E-state index in [-0.39, 0.29) is 18.1 Å².